The predicted octanol–water partition coefficient (Wildman–Crippen LogP) is 3.59. The number of carbonyl (C=O) groups excluding carboxylic acids is 1. The summed E-state index contributed by atoms with van der Waals surface area (Å²) in [4.78, 5) is 29.5. The Morgan fingerprint density at radius 1 is 1.09 bits per heavy atom. The minimum Gasteiger partial charge on any atom is -0.387 e. The number of aliphatic hydroxyl groups is 1. The summed E-state index contributed by atoms with van der Waals surface area (Å²) in [6, 6.07) is 8.01. The Morgan fingerprint density at radius 3 is 2.53 bits per heavy atom. The highest BCUT2D eigenvalue weighted by atomic mass is 35.5. The lowest BCUT2D eigenvalue weighted by Gasteiger charge is -2.42. The zero-order valence-corrected chi connectivity index (χ0v) is 20.8. The maximum atomic E-state index is 13.9. The third-order valence-electron chi connectivity index (χ3n) is 7.88. The third-order valence-corrected chi connectivity index (χ3v) is 8.13. The van der Waals surface area contributed by atoms with Gasteiger partial charge in [0, 0.05) is 42.8 Å². The molecule has 0 saturated carbocycles. The molecule has 0 spiro atoms. The van der Waals surface area contributed by atoms with E-state index in [4.69, 9.17) is 11.6 Å². The van der Waals surface area contributed by atoms with E-state index in [-0.39, 0.29) is 23.8 Å². The Labute approximate surface area is 206 Å². The number of hydrogen-bond acceptors (Lipinski definition) is 6. The lowest BCUT2D eigenvalue weighted by molar-refractivity contribution is -0.135. The highest BCUT2D eigenvalue weighted by molar-refractivity contribution is 6.30. The van der Waals surface area contributed by atoms with Crippen LogP contribution in [0.15, 0.2) is 30.6 Å². The van der Waals surface area contributed by atoms with E-state index in [1.54, 1.807) is 6.33 Å². The third kappa shape index (κ3) is 4.41. The first kappa shape index (κ1) is 23.5. The molecule has 3 heterocycles. The summed E-state index contributed by atoms with van der Waals surface area (Å²) in [7, 11) is 2.14. The minimum absolute atomic E-state index is 0.187. The molecule has 8 heteroatoms. The second kappa shape index (κ2) is 9.80. The molecule has 0 unspecified atom stereocenters. The molecule has 4 atom stereocenters. The van der Waals surface area contributed by atoms with Crippen LogP contribution in [0.4, 0.5) is 5.82 Å². The molecule has 1 aliphatic carbocycles. The van der Waals surface area contributed by atoms with Crippen LogP contribution in [0.1, 0.15) is 67.4 Å². The number of piperidine rings is 1. The van der Waals surface area contributed by atoms with E-state index in [1.807, 2.05) is 29.2 Å². The van der Waals surface area contributed by atoms with E-state index < -0.39 is 6.10 Å². The Morgan fingerprint density at radius 2 is 1.82 bits per heavy atom. The lowest BCUT2D eigenvalue weighted by atomic mass is 9.84. The first-order chi connectivity index (χ1) is 16.4. The monoisotopic (exact) mass is 483 g/mol. The number of nitrogens with zero attached hydrogens (tertiary/aromatic N) is 5. The number of carbonyl (C=O) groups is 1. The van der Waals surface area contributed by atoms with Crippen LogP contribution < -0.4 is 4.90 Å². The molecule has 1 aromatic carbocycles. The zero-order valence-electron chi connectivity index (χ0n) is 20.0. The van der Waals surface area contributed by atoms with Gasteiger partial charge in [-0.1, -0.05) is 37.1 Å². The normalized spacial score (nSPS) is 26.4. The van der Waals surface area contributed by atoms with Gasteiger partial charge in [-0.15, -0.1) is 0 Å². The van der Waals surface area contributed by atoms with Gasteiger partial charge < -0.3 is 19.8 Å². The first-order valence-corrected chi connectivity index (χ1v) is 12.8. The summed E-state index contributed by atoms with van der Waals surface area (Å²) < 4.78 is 0. The summed E-state index contributed by atoms with van der Waals surface area (Å²) in [5.41, 5.74) is 2.88. The quantitative estimate of drug-likeness (QED) is 0.716. The van der Waals surface area contributed by atoms with Crippen LogP contribution in [-0.2, 0) is 4.79 Å². The number of likely N-dealkylation sites (N-methyl/N-ethyl adjacent to an activating group) is 1. The van der Waals surface area contributed by atoms with Crippen molar-refractivity contribution in [3.05, 3.63) is 52.4 Å². The van der Waals surface area contributed by atoms with Crippen LogP contribution in [0.3, 0.4) is 0 Å². The molecule has 2 aliphatic heterocycles. The molecule has 0 radical (unpaired) electrons. The number of amides is 1. The number of aromatic nitrogens is 2. The van der Waals surface area contributed by atoms with Crippen molar-refractivity contribution in [3.63, 3.8) is 0 Å². The molecule has 1 amide bonds. The van der Waals surface area contributed by atoms with E-state index in [0.29, 0.717) is 24.5 Å². The minimum atomic E-state index is -0.512. The zero-order chi connectivity index (χ0) is 23.8. The molecule has 2 fully saturated rings. The molecule has 1 aromatic heterocycles. The molecule has 2 aromatic rings. The van der Waals surface area contributed by atoms with Crippen LogP contribution in [0.5, 0.6) is 0 Å². The van der Waals surface area contributed by atoms with Crippen molar-refractivity contribution >= 4 is 23.3 Å². The van der Waals surface area contributed by atoms with Gasteiger partial charge in [-0.2, -0.15) is 0 Å². The van der Waals surface area contributed by atoms with E-state index >= 15 is 0 Å². The second-order valence-corrected chi connectivity index (χ2v) is 10.5. The average molecular weight is 484 g/mol. The number of anilines is 1. The Kier molecular flexibility index (Phi) is 6.78. The number of likely N-dealkylation sites (tertiary alicyclic amines) is 1. The van der Waals surface area contributed by atoms with Crippen molar-refractivity contribution in [1.82, 2.24) is 19.8 Å². The Balaban J connectivity index is 1.34. The number of aliphatic hydroxyl groups excluding tert-OH is 1. The fourth-order valence-corrected chi connectivity index (χ4v) is 6.14. The van der Waals surface area contributed by atoms with Gasteiger partial charge in [0.25, 0.3) is 0 Å². The van der Waals surface area contributed by atoms with Crippen LogP contribution in [-0.4, -0.2) is 76.6 Å². The fourth-order valence-electron chi connectivity index (χ4n) is 6.01. The molecule has 2 saturated heterocycles. The van der Waals surface area contributed by atoms with Gasteiger partial charge in [0.15, 0.2) is 0 Å². The van der Waals surface area contributed by atoms with E-state index in [9.17, 15) is 9.90 Å². The number of halogens is 1. The molecule has 182 valence electrons. The summed E-state index contributed by atoms with van der Waals surface area (Å²) in [6.45, 7) is 5.93. The molecular weight excluding hydrogens is 450 g/mol. The predicted molar refractivity (Wildman–Crippen MR) is 133 cm³/mol. The number of benzene rings is 1. The SMILES string of the molecule is C[C@@H]1C[C@@H](O)c2ncnc(N3CCN(C(=O)[C@@H](c4ccc(Cl)cc4)[C@@H]4CCCCN4C)CC3)c21. The van der Waals surface area contributed by atoms with Crippen molar-refractivity contribution in [3.8, 4) is 0 Å². The van der Waals surface area contributed by atoms with E-state index in [1.165, 1.54) is 6.42 Å². The fraction of sp³-hybridized carbons (Fsp3) is 0.577. The molecule has 5 rings (SSSR count). The van der Waals surface area contributed by atoms with Crippen LogP contribution in [0.2, 0.25) is 5.02 Å². The smallest absolute Gasteiger partial charge is 0.231 e. The first-order valence-electron chi connectivity index (χ1n) is 12.5. The average Bonchev–Trinajstić information content (AvgIpc) is 3.15. The summed E-state index contributed by atoms with van der Waals surface area (Å²) in [5, 5.41) is 11.0. The Hall–Kier alpha value is -2.22. The lowest BCUT2D eigenvalue weighted by Crippen LogP contribution is -2.53. The standard InChI is InChI=1S/C26H34ClN5O2/c1-17-15-21(33)24-22(17)25(29-16-28-24)31-11-13-32(14-12-31)26(34)23(18-6-8-19(27)9-7-18)20-5-3-4-10-30(20)2/h6-9,16-17,20-21,23,33H,3-5,10-15H2,1-2H3/t17-,20+,21-,23+/m1/s1. The topological polar surface area (TPSA) is 72.8 Å². The molecule has 0 bridgehead atoms. The highest BCUT2D eigenvalue weighted by Crippen LogP contribution is 2.43. The second-order valence-electron chi connectivity index (χ2n) is 10.0. The summed E-state index contributed by atoms with van der Waals surface area (Å²) in [6.07, 6.45) is 5.11. The number of fused-ring (bicyclic) bond motifs is 1. The summed E-state index contributed by atoms with van der Waals surface area (Å²) in [5.74, 6) is 1.17. The largest absolute Gasteiger partial charge is 0.387 e. The summed E-state index contributed by atoms with van der Waals surface area (Å²) >= 11 is 6.16. The van der Waals surface area contributed by atoms with Gasteiger partial charge in [0.2, 0.25) is 5.91 Å². The van der Waals surface area contributed by atoms with Crippen LogP contribution in [0.25, 0.3) is 0 Å². The van der Waals surface area contributed by atoms with Gasteiger partial charge in [-0.3, -0.25) is 4.79 Å². The molecule has 1 N–H and O–H groups in total. The number of piperazine rings is 1. The van der Waals surface area contributed by atoms with Crippen molar-refractivity contribution in [1.29, 1.82) is 0 Å². The van der Waals surface area contributed by atoms with Crippen molar-refractivity contribution in [2.24, 2.45) is 0 Å². The van der Waals surface area contributed by atoms with Gasteiger partial charge in [-0.05, 0) is 56.5 Å². The van der Waals surface area contributed by atoms with Crippen molar-refractivity contribution in [2.45, 2.75) is 56.6 Å². The van der Waals surface area contributed by atoms with Crippen LogP contribution in [0, 0.1) is 0 Å². The highest BCUT2D eigenvalue weighted by Gasteiger charge is 2.38. The number of hydrogen-bond donors (Lipinski definition) is 1. The molecule has 3 aliphatic rings. The maximum absolute atomic E-state index is 13.9. The van der Waals surface area contributed by atoms with Crippen molar-refractivity contribution < 1.29 is 9.90 Å². The molecular formula is C26H34ClN5O2. The van der Waals surface area contributed by atoms with Gasteiger partial charge >= 0.3 is 0 Å². The molecule has 34 heavy (non-hydrogen) atoms. The Bertz CT molecular complexity index is 1020. The van der Waals surface area contributed by atoms with Gasteiger partial charge in [0.1, 0.15) is 12.1 Å². The van der Waals surface area contributed by atoms with Crippen LogP contribution >= 0.6 is 11.6 Å². The maximum Gasteiger partial charge on any atom is 0.231 e. The number of rotatable bonds is 4. The van der Waals surface area contributed by atoms with E-state index in [0.717, 1.165) is 55.1 Å². The van der Waals surface area contributed by atoms with E-state index in [2.05, 4.69) is 33.7 Å². The van der Waals surface area contributed by atoms with Gasteiger partial charge in [-0.25, -0.2) is 9.97 Å². The van der Waals surface area contributed by atoms with Gasteiger partial charge in [0.05, 0.1) is 17.7 Å². The van der Waals surface area contributed by atoms with Crippen molar-refractivity contribution in [2.75, 3.05) is 44.7 Å². The molecule has 7 nitrogen and oxygen atoms in total.